The van der Waals surface area contributed by atoms with E-state index in [2.05, 4.69) is 39.4 Å². The number of carbonyl (C=O) groups excluding carboxylic acids is 1. The molecule has 0 bridgehead atoms. The molecular weight excluding hydrogens is 484 g/mol. The molecule has 0 aliphatic heterocycles. The van der Waals surface area contributed by atoms with Crippen molar-refractivity contribution in [2.24, 2.45) is 5.10 Å². The van der Waals surface area contributed by atoms with E-state index < -0.39 is 22.5 Å². The number of aryl methyl sites for hydroxylation is 3. The van der Waals surface area contributed by atoms with Crippen LogP contribution in [0.1, 0.15) is 28.1 Å². The Labute approximate surface area is 218 Å². The molecule has 37 heavy (non-hydrogen) atoms. The van der Waals surface area contributed by atoms with Gasteiger partial charge >= 0.3 is 0 Å². The van der Waals surface area contributed by atoms with Crippen LogP contribution in [0, 0.1) is 27.7 Å². The Kier molecular flexibility index (Phi) is 7.59. The molecule has 1 aromatic heterocycles. The molecule has 1 N–H and O–H groups in total. The lowest BCUT2D eigenvalue weighted by Gasteiger charge is -2.24. The molecule has 0 aliphatic rings. The first-order chi connectivity index (χ1) is 17.7. The van der Waals surface area contributed by atoms with Crippen molar-refractivity contribution >= 4 is 27.8 Å². The van der Waals surface area contributed by atoms with E-state index in [1.807, 2.05) is 39.8 Å². The highest BCUT2D eigenvalue weighted by molar-refractivity contribution is 7.92. The first kappa shape index (κ1) is 25.9. The fraction of sp³-hybridized carbons (Fsp3) is 0.172. The molecule has 0 atom stereocenters. The van der Waals surface area contributed by atoms with Gasteiger partial charge in [0.2, 0.25) is 0 Å². The van der Waals surface area contributed by atoms with E-state index in [0.29, 0.717) is 5.69 Å². The van der Waals surface area contributed by atoms with Crippen LogP contribution in [-0.4, -0.2) is 31.7 Å². The molecule has 0 unspecified atom stereocenters. The molecule has 7 nitrogen and oxygen atoms in total. The summed E-state index contributed by atoms with van der Waals surface area (Å²) in [5, 5.41) is 4.12. The number of sulfonamides is 1. The van der Waals surface area contributed by atoms with Gasteiger partial charge in [0, 0.05) is 22.6 Å². The van der Waals surface area contributed by atoms with Crippen LogP contribution in [-0.2, 0) is 14.8 Å². The summed E-state index contributed by atoms with van der Waals surface area (Å²) < 4.78 is 30.1. The molecule has 4 rings (SSSR count). The highest BCUT2D eigenvalue weighted by atomic mass is 32.2. The van der Waals surface area contributed by atoms with Crippen molar-refractivity contribution < 1.29 is 13.2 Å². The second kappa shape index (κ2) is 10.8. The van der Waals surface area contributed by atoms with Gasteiger partial charge in [0.15, 0.2) is 0 Å². The van der Waals surface area contributed by atoms with Crippen molar-refractivity contribution in [3.8, 4) is 5.69 Å². The van der Waals surface area contributed by atoms with E-state index >= 15 is 0 Å². The number of nitrogens with zero attached hydrogens (tertiary/aromatic N) is 3. The predicted octanol–water partition coefficient (Wildman–Crippen LogP) is 5.06. The summed E-state index contributed by atoms with van der Waals surface area (Å²) >= 11 is 0. The third-order valence-corrected chi connectivity index (χ3v) is 7.85. The van der Waals surface area contributed by atoms with Crippen LogP contribution in [0.4, 0.5) is 5.69 Å². The van der Waals surface area contributed by atoms with Gasteiger partial charge in [-0.25, -0.2) is 13.8 Å². The Balaban J connectivity index is 1.54. The summed E-state index contributed by atoms with van der Waals surface area (Å²) in [7, 11) is -3.97. The maximum atomic E-state index is 13.4. The average Bonchev–Trinajstić information content (AvgIpc) is 3.16. The molecule has 8 heteroatoms. The number of anilines is 1. The molecule has 190 valence electrons. The number of hydrazone groups is 1. The summed E-state index contributed by atoms with van der Waals surface area (Å²) in [5.41, 5.74) is 8.88. The third-order valence-electron chi connectivity index (χ3n) is 6.06. The molecule has 0 aliphatic carbocycles. The third kappa shape index (κ3) is 5.81. The van der Waals surface area contributed by atoms with Gasteiger partial charge in [-0.2, -0.15) is 5.10 Å². The number of rotatable bonds is 8. The molecule has 0 radical (unpaired) electrons. The van der Waals surface area contributed by atoms with Gasteiger partial charge < -0.3 is 4.57 Å². The van der Waals surface area contributed by atoms with Crippen LogP contribution >= 0.6 is 0 Å². The fourth-order valence-corrected chi connectivity index (χ4v) is 5.60. The molecule has 1 amide bonds. The number of carbonyl (C=O) groups is 1. The topological polar surface area (TPSA) is 83.8 Å². The van der Waals surface area contributed by atoms with Crippen LogP contribution in [0.3, 0.4) is 0 Å². The van der Waals surface area contributed by atoms with E-state index in [0.717, 1.165) is 32.5 Å². The lowest BCUT2D eigenvalue weighted by molar-refractivity contribution is -0.119. The number of nitrogens with one attached hydrogen (secondary N) is 1. The molecular formula is C29H30N4O3S. The first-order valence-corrected chi connectivity index (χ1v) is 13.3. The lowest BCUT2D eigenvalue weighted by atomic mass is 10.2. The number of hydrogen-bond acceptors (Lipinski definition) is 4. The Morgan fingerprint density at radius 1 is 0.892 bits per heavy atom. The van der Waals surface area contributed by atoms with Crippen molar-refractivity contribution in [2.75, 3.05) is 10.8 Å². The highest BCUT2D eigenvalue weighted by Crippen LogP contribution is 2.24. The molecule has 0 spiro atoms. The van der Waals surface area contributed by atoms with E-state index in [-0.39, 0.29) is 4.90 Å². The average molecular weight is 515 g/mol. The second-order valence-corrected chi connectivity index (χ2v) is 10.8. The number of benzene rings is 3. The van der Waals surface area contributed by atoms with Crippen LogP contribution in [0.2, 0.25) is 0 Å². The fourth-order valence-electron chi connectivity index (χ4n) is 4.17. The largest absolute Gasteiger partial charge is 0.318 e. The quantitative estimate of drug-likeness (QED) is 0.264. The van der Waals surface area contributed by atoms with Crippen molar-refractivity contribution in [2.45, 2.75) is 32.6 Å². The zero-order valence-corrected chi connectivity index (χ0v) is 22.2. The van der Waals surface area contributed by atoms with Crippen molar-refractivity contribution in [1.29, 1.82) is 0 Å². The molecule has 0 saturated heterocycles. The smallest absolute Gasteiger partial charge is 0.264 e. The Morgan fingerprint density at radius 2 is 1.59 bits per heavy atom. The maximum Gasteiger partial charge on any atom is 0.264 e. The summed E-state index contributed by atoms with van der Waals surface area (Å²) in [4.78, 5) is 13.0. The molecule has 4 aromatic rings. The number of amides is 1. The zero-order chi connectivity index (χ0) is 26.6. The first-order valence-electron chi connectivity index (χ1n) is 11.9. The molecule has 0 saturated carbocycles. The van der Waals surface area contributed by atoms with Crippen LogP contribution < -0.4 is 9.73 Å². The number of hydrogen-bond donors (Lipinski definition) is 1. The van der Waals surface area contributed by atoms with Gasteiger partial charge in [0.25, 0.3) is 15.9 Å². The van der Waals surface area contributed by atoms with Crippen LogP contribution in [0.15, 0.2) is 94.9 Å². The van der Waals surface area contributed by atoms with Crippen LogP contribution in [0.25, 0.3) is 5.69 Å². The predicted molar refractivity (Wildman–Crippen MR) is 148 cm³/mol. The Bertz CT molecular complexity index is 1540. The molecule has 0 fully saturated rings. The number of aromatic nitrogens is 1. The normalized spacial score (nSPS) is 11.6. The second-order valence-electron chi connectivity index (χ2n) is 8.95. The van der Waals surface area contributed by atoms with Gasteiger partial charge in [0.05, 0.1) is 16.8 Å². The van der Waals surface area contributed by atoms with E-state index in [1.54, 1.807) is 42.6 Å². The standard InChI is InChI=1S/C29H30N4O3S/c1-21-13-15-26(16-14-21)33-23(3)18-25(24(33)4)19-30-31-29(34)20-32(27-10-8-9-22(2)17-27)37(35,36)28-11-6-5-7-12-28/h5-19H,20H2,1-4H3,(H,31,34)/b30-19-. The monoisotopic (exact) mass is 514 g/mol. The summed E-state index contributed by atoms with van der Waals surface area (Å²) in [5.74, 6) is -0.551. The minimum Gasteiger partial charge on any atom is -0.318 e. The van der Waals surface area contributed by atoms with E-state index in [9.17, 15) is 13.2 Å². The Morgan fingerprint density at radius 3 is 2.27 bits per heavy atom. The zero-order valence-electron chi connectivity index (χ0n) is 21.3. The van der Waals surface area contributed by atoms with E-state index in [1.165, 1.54) is 17.7 Å². The van der Waals surface area contributed by atoms with Gasteiger partial charge in [-0.3, -0.25) is 9.10 Å². The van der Waals surface area contributed by atoms with Crippen molar-refractivity contribution in [3.05, 3.63) is 113 Å². The van der Waals surface area contributed by atoms with E-state index in [4.69, 9.17) is 0 Å². The summed E-state index contributed by atoms with van der Waals surface area (Å²) in [6.07, 6.45) is 1.58. The SMILES string of the molecule is Cc1ccc(-n2c(C)cc(/C=N\NC(=O)CN(c3cccc(C)c3)S(=O)(=O)c3ccccc3)c2C)cc1. The van der Waals surface area contributed by atoms with Gasteiger partial charge in [-0.15, -0.1) is 0 Å². The lowest BCUT2D eigenvalue weighted by Crippen LogP contribution is -2.39. The molecule has 1 heterocycles. The van der Waals surface area contributed by atoms with Gasteiger partial charge in [0.1, 0.15) is 6.54 Å². The highest BCUT2D eigenvalue weighted by Gasteiger charge is 2.27. The van der Waals surface area contributed by atoms with Gasteiger partial charge in [-0.1, -0.05) is 48.0 Å². The molecule has 3 aromatic carbocycles. The van der Waals surface area contributed by atoms with Gasteiger partial charge in [-0.05, 0) is 75.7 Å². The summed E-state index contributed by atoms with van der Waals surface area (Å²) in [6, 6.07) is 25.3. The summed E-state index contributed by atoms with van der Waals surface area (Å²) in [6.45, 7) is 7.50. The minimum atomic E-state index is -3.97. The maximum absolute atomic E-state index is 13.4. The minimum absolute atomic E-state index is 0.108. The van der Waals surface area contributed by atoms with Crippen molar-refractivity contribution in [1.82, 2.24) is 9.99 Å². The van der Waals surface area contributed by atoms with Crippen molar-refractivity contribution in [3.63, 3.8) is 0 Å². The van der Waals surface area contributed by atoms with Crippen LogP contribution in [0.5, 0.6) is 0 Å². The Hall–Kier alpha value is -4.17.